The van der Waals surface area contributed by atoms with Crippen LogP contribution in [0.1, 0.15) is 18.9 Å². The topological polar surface area (TPSA) is 84.9 Å². The summed E-state index contributed by atoms with van der Waals surface area (Å²) in [6.45, 7) is 1.81. The largest absolute Gasteiger partial charge is 0.467 e. The molecule has 0 saturated carbocycles. The first kappa shape index (κ1) is 17.9. The fourth-order valence-electron chi connectivity index (χ4n) is 2.79. The van der Waals surface area contributed by atoms with Crippen LogP contribution in [0.15, 0.2) is 24.3 Å². The standard InChI is InChI=1S/C17H22N2O5/c1-11(20)18-13-6-4-12(5-7-13)8-16(21)19-10-14(23-2)9-15(19)17(22)24-3/h4-7,14-15H,8-10H2,1-3H3,(H,18,20)/t14-,15+/m1/s1. The summed E-state index contributed by atoms with van der Waals surface area (Å²) in [7, 11) is 2.87. The lowest BCUT2D eigenvalue weighted by Gasteiger charge is -2.22. The maximum absolute atomic E-state index is 12.6. The number of rotatable bonds is 5. The Kier molecular flexibility index (Phi) is 5.92. The number of anilines is 1. The number of carbonyl (C=O) groups is 3. The average molecular weight is 334 g/mol. The monoisotopic (exact) mass is 334 g/mol. The fourth-order valence-corrected chi connectivity index (χ4v) is 2.79. The highest BCUT2D eigenvalue weighted by molar-refractivity contribution is 5.89. The molecule has 1 aliphatic rings. The summed E-state index contributed by atoms with van der Waals surface area (Å²) in [6, 6.07) is 6.43. The molecule has 130 valence electrons. The molecular weight excluding hydrogens is 312 g/mol. The minimum absolute atomic E-state index is 0.151. The van der Waals surface area contributed by atoms with Gasteiger partial charge in [-0.05, 0) is 17.7 Å². The molecule has 0 aliphatic carbocycles. The van der Waals surface area contributed by atoms with Crippen LogP contribution in [0, 0.1) is 0 Å². The Bertz CT molecular complexity index is 614. The van der Waals surface area contributed by atoms with E-state index in [1.54, 1.807) is 31.4 Å². The third kappa shape index (κ3) is 4.32. The van der Waals surface area contributed by atoms with Gasteiger partial charge in [0, 0.05) is 32.7 Å². The van der Waals surface area contributed by atoms with Gasteiger partial charge in [0.15, 0.2) is 0 Å². The number of amides is 2. The maximum atomic E-state index is 12.6. The SMILES string of the molecule is COC(=O)[C@@H]1C[C@@H](OC)CN1C(=O)Cc1ccc(NC(C)=O)cc1. The van der Waals surface area contributed by atoms with Gasteiger partial charge in [-0.15, -0.1) is 0 Å². The molecule has 0 bridgehead atoms. The molecule has 1 saturated heterocycles. The van der Waals surface area contributed by atoms with Crippen molar-refractivity contribution in [1.82, 2.24) is 4.90 Å². The number of likely N-dealkylation sites (tertiary alicyclic amines) is 1. The zero-order valence-corrected chi connectivity index (χ0v) is 14.1. The van der Waals surface area contributed by atoms with Crippen LogP contribution >= 0.6 is 0 Å². The van der Waals surface area contributed by atoms with E-state index in [0.717, 1.165) is 5.56 Å². The first-order valence-corrected chi connectivity index (χ1v) is 7.71. The summed E-state index contributed by atoms with van der Waals surface area (Å²) in [6.07, 6.45) is 0.445. The Morgan fingerprint density at radius 2 is 1.88 bits per heavy atom. The Morgan fingerprint density at radius 1 is 1.21 bits per heavy atom. The molecule has 7 heteroatoms. The molecule has 1 fully saturated rings. The van der Waals surface area contributed by atoms with Crippen LogP contribution in [0.4, 0.5) is 5.69 Å². The van der Waals surface area contributed by atoms with E-state index in [9.17, 15) is 14.4 Å². The number of carbonyl (C=O) groups excluding carboxylic acids is 3. The van der Waals surface area contributed by atoms with Crippen molar-refractivity contribution >= 4 is 23.5 Å². The molecule has 1 N–H and O–H groups in total. The first-order chi connectivity index (χ1) is 11.4. The highest BCUT2D eigenvalue weighted by Crippen LogP contribution is 2.22. The van der Waals surface area contributed by atoms with E-state index in [0.29, 0.717) is 18.7 Å². The van der Waals surface area contributed by atoms with E-state index in [4.69, 9.17) is 9.47 Å². The molecule has 1 aromatic rings. The predicted molar refractivity (Wildman–Crippen MR) is 87.4 cm³/mol. The molecule has 24 heavy (non-hydrogen) atoms. The third-order valence-corrected chi connectivity index (χ3v) is 4.02. The van der Waals surface area contributed by atoms with E-state index in [2.05, 4.69) is 5.32 Å². The average Bonchev–Trinajstić information content (AvgIpc) is 3.00. The van der Waals surface area contributed by atoms with Gasteiger partial charge in [-0.3, -0.25) is 9.59 Å². The van der Waals surface area contributed by atoms with Crippen LogP contribution < -0.4 is 5.32 Å². The number of benzene rings is 1. The smallest absolute Gasteiger partial charge is 0.328 e. The van der Waals surface area contributed by atoms with Crippen molar-refractivity contribution in [3.63, 3.8) is 0 Å². The molecule has 1 aliphatic heterocycles. The van der Waals surface area contributed by atoms with Crippen molar-refractivity contribution in [2.24, 2.45) is 0 Å². The summed E-state index contributed by atoms with van der Waals surface area (Å²) >= 11 is 0. The Labute approximate surface area is 140 Å². The number of nitrogens with zero attached hydrogens (tertiary/aromatic N) is 1. The molecule has 0 unspecified atom stereocenters. The molecule has 1 heterocycles. The minimum atomic E-state index is -0.605. The van der Waals surface area contributed by atoms with Crippen LogP contribution in [0.25, 0.3) is 0 Å². The van der Waals surface area contributed by atoms with Gasteiger partial charge in [-0.25, -0.2) is 4.79 Å². The molecule has 2 atom stereocenters. The molecule has 2 amide bonds. The molecular formula is C17H22N2O5. The summed E-state index contributed by atoms with van der Waals surface area (Å²) in [5.74, 6) is -0.733. The first-order valence-electron chi connectivity index (χ1n) is 7.71. The van der Waals surface area contributed by atoms with E-state index in [1.807, 2.05) is 0 Å². The third-order valence-electron chi connectivity index (χ3n) is 4.02. The van der Waals surface area contributed by atoms with Crippen molar-refractivity contribution in [1.29, 1.82) is 0 Å². The normalized spacial score (nSPS) is 19.9. The lowest BCUT2D eigenvalue weighted by molar-refractivity contribution is -0.150. The molecule has 0 radical (unpaired) electrons. The number of nitrogens with one attached hydrogen (secondary N) is 1. The van der Waals surface area contributed by atoms with Crippen LogP contribution in [0.5, 0.6) is 0 Å². The van der Waals surface area contributed by atoms with Crippen molar-refractivity contribution in [2.45, 2.75) is 31.9 Å². The number of hydrogen-bond donors (Lipinski definition) is 1. The quantitative estimate of drug-likeness (QED) is 0.811. The Balaban J connectivity index is 2.04. The molecule has 7 nitrogen and oxygen atoms in total. The Hall–Kier alpha value is -2.41. The minimum Gasteiger partial charge on any atom is -0.467 e. The highest BCUT2D eigenvalue weighted by atomic mass is 16.5. The van der Waals surface area contributed by atoms with Gasteiger partial charge in [0.1, 0.15) is 6.04 Å². The highest BCUT2D eigenvalue weighted by Gasteiger charge is 2.40. The van der Waals surface area contributed by atoms with Gasteiger partial charge in [0.25, 0.3) is 0 Å². The van der Waals surface area contributed by atoms with E-state index in [-0.39, 0.29) is 24.3 Å². The lowest BCUT2D eigenvalue weighted by Crippen LogP contribution is -2.42. The van der Waals surface area contributed by atoms with Crippen LogP contribution in [-0.4, -0.2) is 55.6 Å². The second kappa shape index (κ2) is 7.92. The predicted octanol–water partition coefficient (Wildman–Crippen LogP) is 0.976. The van der Waals surface area contributed by atoms with Crippen molar-refractivity contribution in [2.75, 3.05) is 26.1 Å². The van der Waals surface area contributed by atoms with E-state index in [1.165, 1.54) is 18.9 Å². The molecule has 0 spiro atoms. The molecule has 2 rings (SSSR count). The van der Waals surface area contributed by atoms with Gasteiger partial charge in [-0.1, -0.05) is 12.1 Å². The summed E-state index contributed by atoms with van der Waals surface area (Å²) in [5.41, 5.74) is 1.48. The van der Waals surface area contributed by atoms with E-state index < -0.39 is 12.0 Å². The maximum Gasteiger partial charge on any atom is 0.328 e. The van der Waals surface area contributed by atoms with Gasteiger partial charge < -0.3 is 19.7 Å². The van der Waals surface area contributed by atoms with E-state index >= 15 is 0 Å². The summed E-state index contributed by atoms with van der Waals surface area (Å²) in [4.78, 5) is 37.0. The summed E-state index contributed by atoms with van der Waals surface area (Å²) < 4.78 is 10.1. The van der Waals surface area contributed by atoms with Crippen molar-refractivity contribution in [3.8, 4) is 0 Å². The Morgan fingerprint density at radius 3 is 2.42 bits per heavy atom. The van der Waals surface area contributed by atoms with Crippen LogP contribution in [-0.2, 0) is 30.3 Å². The number of hydrogen-bond acceptors (Lipinski definition) is 5. The second-order valence-corrected chi connectivity index (χ2v) is 5.73. The van der Waals surface area contributed by atoms with Crippen LogP contribution in [0.2, 0.25) is 0 Å². The van der Waals surface area contributed by atoms with Crippen molar-refractivity contribution in [3.05, 3.63) is 29.8 Å². The summed E-state index contributed by atoms with van der Waals surface area (Å²) in [5, 5.41) is 2.67. The number of ether oxygens (including phenoxy) is 2. The zero-order chi connectivity index (χ0) is 17.7. The molecule has 1 aromatic carbocycles. The van der Waals surface area contributed by atoms with Crippen LogP contribution in [0.3, 0.4) is 0 Å². The zero-order valence-electron chi connectivity index (χ0n) is 14.1. The second-order valence-electron chi connectivity index (χ2n) is 5.73. The van der Waals surface area contributed by atoms with Gasteiger partial charge in [0.05, 0.1) is 19.6 Å². The number of methoxy groups -OCH3 is 2. The van der Waals surface area contributed by atoms with Gasteiger partial charge in [0.2, 0.25) is 11.8 Å². The van der Waals surface area contributed by atoms with Gasteiger partial charge in [-0.2, -0.15) is 0 Å². The fraction of sp³-hybridized carbons (Fsp3) is 0.471. The number of esters is 1. The van der Waals surface area contributed by atoms with Crippen molar-refractivity contribution < 1.29 is 23.9 Å². The van der Waals surface area contributed by atoms with Gasteiger partial charge >= 0.3 is 5.97 Å². The lowest BCUT2D eigenvalue weighted by atomic mass is 10.1. The molecule has 0 aromatic heterocycles.